The number of aryl methyl sites for hydroxylation is 2. The molecule has 24 heavy (non-hydrogen) atoms. The molecule has 0 fully saturated rings. The van der Waals surface area contributed by atoms with Crippen LogP contribution in [0, 0.1) is 13.8 Å². The van der Waals surface area contributed by atoms with Crippen molar-refractivity contribution in [1.29, 1.82) is 0 Å². The molecule has 6 heteroatoms. The molecule has 0 saturated carbocycles. The zero-order valence-corrected chi connectivity index (χ0v) is 14.6. The van der Waals surface area contributed by atoms with E-state index in [9.17, 15) is 9.59 Å². The number of aromatic nitrogens is 2. The summed E-state index contributed by atoms with van der Waals surface area (Å²) in [5.41, 5.74) is 4.80. The fourth-order valence-electron chi connectivity index (χ4n) is 2.62. The van der Waals surface area contributed by atoms with Crippen molar-refractivity contribution >= 4 is 27.5 Å². The maximum atomic E-state index is 12.6. The van der Waals surface area contributed by atoms with Gasteiger partial charge in [0.05, 0.1) is 18.5 Å². The van der Waals surface area contributed by atoms with E-state index in [1.54, 1.807) is 6.92 Å². The molecular weight excluding hydrogens is 324 g/mol. The smallest absolute Gasteiger partial charge is 0.326 e. The van der Waals surface area contributed by atoms with Gasteiger partial charge >= 0.3 is 5.97 Å². The maximum Gasteiger partial charge on any atom is 0.326 e. The predicted octanol–water partition coefficient (Wildman–Crippen LogP) is 3.30. The number of carbonyl (C=O) groups excluding carboxylic acids is 1. The molecule has 0 N–H and O–H groups in total. The third kappa shape index (κ3) is 2.97. The van der Waals surface area contributed by atoms with Crippen LogP contribution in [0.2, 0.25) is 0 Å². The Morgan fingerprint density at radius 3 is 2.83 bits per heavy atom. The van der Waals surface area contributed by atoms with Crippen molar-refractivity contribution in [2.24, 2.45) is 0 Å². The molecule has 0 aliphatic carbocycles. The van der Waals surface area contributed by atoms with Gasteiger partial charge in [-0.25, -0.2) is 4.98 Å². The third-order valence-electron chi connectivity index (χ3n) is 3.83. The van der Waals surface area contributed by atoms with E-state index in [2.05, 4.69) is 23.2 Å². The summed E-state index contributed by atoms with van der Waals surface area (Å²) < 4.78 is 6.74. The number of thiophene rings is 1. The van der Waals surface area contributed by atoms with Crippen LogP contribution in [0.15, 0.2) is 34.7 Å². The van der Waals surface area contributed by atoms with E-state index in [4.69, 9.17) is 4.74 Å². The van der Waals surface area contributed by atoms with Crippen LogP contribution in [0.4, 0.5) is 0 Å². The fourth-order valence-corrected chi connectivity index (χ4v) is 3.58. The lowest BCUT2D eigenvalue weighted by molar-refractivity contribution is -0.143. The minimum atomic E-state index is -0.438. The zero-order chi connectivity index (χ0) is 17.3. The molecule has 1 aromatic carbocycles. The highest BCUT2D eigenvalue weighted by atomic mass is 32.1. The summed E-state index contributed by atoms with van der Waals surface area (Å²) in [5, 5.41) is 1.95. The third-order valence-corrected chi connectivity index (χ3v) is 4.79. The highest BCUT2D eigenvalue weighted by molar-refractivity contribution is 7.17. The Morgan fingerprint density at radius 1 is 1.29 bits per heavy atom. The van der Waals surface area contributed by atoms with Gasteiger partial charge in [0.15, 0.2) is 0 Å². The summed E-state index contributed by atoms with van der Waals surface area (Å²) in [6, 6.07) is 6.23. The van der Waals surface area contributed by atoms with Crippen LogP contribution in [0.5, 0.6) is 0 Å². The molecule has 5 nitrogen and oxygen atoms in total. The molecule has 124 valence electrons. The van der Waals surface area contributed by atoms with E-state index in [-0.39, 0.29) is 12.1 Å². The molecule has 2 aromatic heterocycles. The van der Waals surface area contributed by atoms with Gasteiger partial charge in [0.1, 0.15) is 11.2 Å². The zero-order valence-electron chi connectivity index (χ0n) is 13.8. The Hall–Kier alpha value is -2.47. The van der Waals surface area contributed by atoms with Crippen LogP contribution in [0.25, 0.3) is 21.3 Å². The van der Waals surface area contributed by atoms with Gasteiger partial charge in [-0.15, -0.1) is 11.3 Å². The standard InChI is InChI=1S/C18H18N2O3S/c1-4-23-15(21)8-20-10-19-16-14(9-24-17(16)18(20)22)13-7-11(2)5-6-12(13)3/h5-7,9-10H,4,8H2,1-3H3. The van der Waals surface area contributed by atoms with Crippen molar-refractivity contribution in [2.45, 2.75) is 27.3 Å². The molecule has 0 amide bonds. The topological polar surface area (TPSA) is 61.2 Å². The van der Waals surface area contributed by atoms with E-state index in [0.29, 0.717) is 16.8 Å². The van der Waals surface area contributed by atoms with Crippen molar-refractivity contribution in [1.82, 2.24) is 9.55 Å². The average molecular weight is 342 g/mol. The number of carbonyl (C=O) groups is 1. The first kappa shape index (κ1) is 16.4. The van der Waals surface area contributed by atoms with Crippen LogP contribution in [0.1, 0.15) is 18.1 Å². The van der Waals surface area contributed by atoms with Crippen LogP contribution in [-0.4, -0.2) is 22.1 Å². The minimum Gasteiger partial charge on any atom is -0.465 e. The van der Waals surface area contributed by atoms with E-state index in [1.807, 2.05) is 19.2 Å². The molecule has 3 aromatic rings. The summed E-state index contributed by atoms with van der Waals surface area (Å²) in [5.74, 6) is -0.438. The van der Waals surface area contributed by atoms with Gasteiger partial charge in [-0.2, -0.15) is 0 Å². The van der Waals surface area contributed by atoms with Crippen molar-refractivity contribution in [3.8, 4) is 11.1 Å². The number of hydrogen-bond acceptors (Lipinski definition) is 5. The molecule has 0 aliphatic heterocycles. The first-order chi connectivity index (χ1) is 11.5. The molecule has 0 radical (unpaired) electrons. The second-order valence-electron chi connectivity index (χ2n) is 5.63. The van der Waals surface area contributed by atoms with Gasteiger partial charge in [-0.05, 0) is 31.9 Å². The number of fused-ring (bicyclic) bond motifs is 1. The molecule has 0 unspecified atom stereocenters. The second kappa shape index (κ2) is 6.57. The number of nitrogens with zero attached hydrogens (tertiary/aromatic N) is 2. The molecular formula is C18H18N2O3S. The Bertz CT molecular complexity index is 972. The van der Waals surface area contributed by atoms with Crippen LogP contribution in [-0.2, 0) is 16.1 Å². The number of ether oxygens (including phenoxy) is 1. The summed E-state index contributed by atoms with van der Waals surface area (Å²) in [7, 11) is 0. The van der Waals surface area contributed by atoms with Crippen LogP contribution >= 0.6 is 11.3 Å². The van der Waals surface area contributed by atoms with E-state index >= 15 is 0 Å². The summed E-state index contributed by atoms with van der Waals surface area (Å²) in [4.78, 5) is 28.6. The van der Waals surface area contributed by atoms with Crippen molar-refractivity contribution in [2.75, 3.05) is 6.61 Å². The minimum absolute atomic E-state index is 0.119. The molecule has 0 atom stereocenters. The van der Waals surface area contributed by atoms with Gasteiger partial charge < -0.3 is 4.74 Å². The SMILES string of the molecule is CCOC(=O)Cn1cnc2c(-c3cc(C)ccc3C)csc2c1=O. The first-order valence-corrected chi connectivity index (χ1v) is 8.59. The monoisotopic (exact) mass is 342 g/mol. The molecule has 0 spiro atoms. The Kier molecular flexibility index (Phi) is 4.49. The number of benzene rings is 1. The largest absolute Gasteiger partial charge is 0.465 e. The van der Waals surface area contributed by atoms with Gasteiger partial charge in [-0.1, -0.05) is 23.8 Å². The highest BCUT2D eigenvalue weighted by Crippen LogP contribution is 2.33. The molecule has 2 heterocycles. The number of esters is 1. The van der Waals surface area contributed by atoms with Crippen LogP contribution < -0.4 is 5.56 Å². The molecule has 3 rings (SSSR count). The maximum absolute atomic E-state index is 12.6. The summed E-state index contributed by atoms with van der Waals surface area (Å²) in [6.07, 6.45) is 1.42. The lowest BCUT2D eigenvalue weighted by Crippen LogP contribution is -2.25. The molecule has 0 aliphatic rings. The Morgan fingerprint density at radius 2 is 2.08 bits per heavy atom. The Balaban J connectivity index is 2.08. The van der Waals surface area contributed by atoms with Gasteiger partial charge in [-0.3, -0.25) is 14.2 Å². The fraction of sp³-hybridized carbons (Fsp3) is 0.278. The van der Waals surface area contributed by atoms with E-state index < -0.39 is 5.97 Å². The van der Waals surface area contributed by atoms with Gasteiger partial charge in [0.2, 0.25) is 0 Å². The predicted molar refractivity (Wildman–Crippen MR) is 95.4 cm³/mol. The van der Waals surface area contributed by atoms with Gasteiger partial charge in [0.25, 0.3) is 5.56 Å². The summed E-state index contributed by atoms with van der Waals surface area (Å²) >= 11 is 1.36. The Labute approximate surface area is 143 Å². The van der Waals surface area contributed by atoms with Crippen molar-refractivity contribution < 1.29 is 9.53 Å². The van der Waals surface area contributed by atoms with Crippen LogP contribution in [0.3, 0.4) is 0 Å². The normalized spacial score (nSPS) is 11.0. The molecule has 0 saturated heterocycles. The second-order valence-corrected chi connectivity index (χ2v) is 6.51. The van der Waals surface area contributed by atoms with Gasteiger partial charge in [0, 0.05) is 10.9 Å². The lowest BCUT2D eigenvalue weighted by atomic mass is 10.00. The number of rotatable bonds is 4. The van der Waals surface area contributed by atoms with Crippen molar-refractivity contribution in [3.05, 3.63) is 51.4 Å². The molecule has 0 bridgehead atoms. The summed E-state index contributed by atoms with van der Waals surface area (Å²) in [6.45, 7) is 5.99. The number of hydrogen-bond donors (Lipinski definition) is 0. The van der Waals surface area contributed by atoms with E-state index in [0.717, 1.165) is 22.3 Å². The van der Waals surface area contributed by atoms with Crippen molar-refractivity contribution in [3.63, 3.8) is 0 Å². The first-order valence-electron chi connectivity index (χ1n) is 7.71. The quantitative estimate of drug-likeness (QED) is 0.683. The average Bonchev–Trinajstić information content (AvgIpc) is 2.97. The van der Waals surface area contributed by atoms with E-state index in [1.165, 1.54) is 22.2 Å². The highest BCUT2D eigenvalue weighted by Gasteiger charge is 2.15. The lowest BCUT2D eigenvalue weighted by Gasteiger charge is -2.07.